The van der Waals surface area contributed by atoms with E-state index in [-0.39, 0.29) is 12.1 Å². The predicted molar refractivity (Wildman–Crippen MR) is 87.3 cm³/mol. The molecule has 1 amide bonds. The number of carbonyl (C=O) groups is 1. The van der Waals surface area contributed by atoms with Crippen LogP contribution in [0.1, 0.15) is 5.56 Å². The number of nitrogens with zero attached hydrogens (tertiary/aromatic N) is 5. The standard InChI is InChI=1S/C17H12F5N5O/c18-16(19)8-26(9-16)15(28)7-27-14-2-11(4-24-13(14)6-25-27)10-1-12(5-23-3-10)17(20,21)22/h1-6H,7-9H2. The van der Waals surface area contributed by atoms with Crippen LogP contribution < -0.4 is 0 Å². The summed E-state index contributed by atoms with van der Waals surface area (Å²) in [4.78, 5) is 20.9. The Bertz CT molecular complexity index is 1050. The minimum absolute atomic E-state index is 0.200. The van der Waals surface area contributed by atoms with E-state index in [0.29, 0.717) is 16.6 Å². The Morgan fingerprint density at radius 2 is 1.79 bits per heavy atom. The lowest BCUT2D eigenvalue weighted by atomic mass is 10.1. The van der Waals surface area contributed by atoms with Gasteiger partial charge in [-0.25, -0.2) is 8.78 Å². The number of carbonyl (C=O) groups excluding carboxylic acids is 1. The second-order valence-electron chi connectivity index (χ2n) is 6.50. The minimum atomic E-state index is -4.53. The molecule has 0 aromatic carbocycles. The van der Waals surface area contributed by atoms with Gasteiger partial charge in [0.05, 0.1) is 30.4 Å². The fourth-order valence-corrected chi connectivity index (χ4v) is 2.91. The van der Waals surface area contributed by atoms with Gasteiger partial charge in [-0.15, -0.1) is 0 Å². The molecular weight excluding hydrogens is 385 g/mol. The Balaban J connectivity index is 1.63. The molecule has 146 valence electrons. The molecule has 3 aromatic rings. The number of hydrogen-bond acceptors (Lipinski definition) is 4. The first-order valence-electron chi connectivity index (χ1n) is 8.12. The first-order valence-corrected chi connectivity index (χ1v) is 8.12. The molecule has 0 bridgehead atoms. The third-order valence-corrected chi connectivity index (χ3v) is 4.38. The van der Waals surface area contributed by atoms with Crippen LogP contribution in [0.2, 0.25) is 0 Å². The van der Waals surface area contributed by atoms with Crippen LogP contribution in [-0.4, -0.2) is 49.6 Å². The Labute approximate surface area is 154 Å². The molecule has 3 aromatic heterocycles. The zero-order chi connectivity index (χ0) is 20.1. The van der Waals surface area contributed by atoms with E-state index in [1.807, 2.05) is 0 Å². The minimum Gasteiger partial charge on any atom is -0.329 e. The molecule has 0 N–H and O–H groups in total. The summed E-state index contributed by atoms with van der Waals surface area (Å²) >= 11 is 0. The van der Waals surface area contributed by atoms with Crippen molar-refractivity contribution in [1.29, 1.82) is 0 Å². The smallest absolute Gasteiger partial charge is 0.329 e. The molecule has 0 aliphatic carbocycles. The van der Waals surface area contributed by atoms with Gasteiger partial charge in [-0.1, -0.05) is 0 Å². The highest BCUT2D eigenvalue weighted by Crippen LogP contribution is 2.32. The van der Waals surface area contributed by atoms with E-state index < -0.39 is 36.7 Å². The van der Waals surface area contributed by atoms with Crippen molar-refractivity contribution in [2.24, 2.45) is 0 Å². The summed E-state index contributed by atoms with van der Waals surface area (Å²) in [6.07, 6.45) is 0.228. The van der Waals surface area contributed by atoms with E-state index in [2.05, 4.69) is 15.1 Å². The number of fused-ring (bicyclic) bond motifs is 1. The molecule has 0 radical (unpaired) electrons. The van der Waals surface area contributed by atoms with E-state index in [9.17, 15) is 26.7 Å². The molecule has 0 atom stereocenters. The maximum absolute atomic E-state index is 12.9. The van der Waals surface area contributed by atoms with Gasteiger partial charge in [0.25, 0.3) is 5.92 Å². The van der Waals surface area contributed by atoms with Gasteiger partial charge in [0, 0.05) is 29.7 Å². The van der Waals surface area contributed by atoms with Gasteiger partial charge in [-0.2, -0.15) is 18.3 Å². The molecule has 0 unspecified atom stereocenters. The highest BCUT2D eigenvalue weighted by molar-refractivity contribution is 5.83. The highest BCUT2D eigenvalue weighted by atomic mass is 19.4. The molecule has 1 fully saturated rings. The number of rotatable bonds is 3. The van der Waals surface area contributed by atoms with E-state index in [1.165, 1.54) is 29.3 Å². The SMILES string of the molecule is O=C(Cn1ncc2ncc(-c3cncc(C(F)(F)F)c3)cc21)N1CC(F)(F)C1. The summed E-state index contributed by atoms with van der Waals surface area (Å²) in [5.41, 5.74) is 0.481. The number of hydrogen-bond donors (Lipinski definition) is 0. The highest BCUT2D eigenvalue weighted by Gasteiger charge is 2.46. The maximum Gasteiger partial charge on any atom is 0.417 e. The third-order valence-electron chi connectivity index (χ3n) is 4.38. The fraction of sp³-hybridized carbons (Fsp3) is 0.294. The Kier molecular flexibility index (Phi) is 4.05. The molecule has 4 heterocycles. The van der Waals surface area contributed by atoms with Gasteiger partial charge in [0.15, 0.2) is 0 Å². The van der Waals surface area contributed by atoms with Crippen LogP contribution in [0.15, 0.2) is 36.9 Å². The molecule has 1 aliphatic rings. The number of halogens is 5. The monoisotopic (exact) mass is 397 g/mol. The fourth-order valence-electron chi connectivity index (χ4n) is 2.91. The van der Waals surface area contributed by atoms with Crippen molar-refractivity contribution in [3.8, 4) is 11.1 Å². The van der Waals surface area contributed by atoms with Crippen LogP contribution in [0.5, 0.6) is 0 Å². The Hall–Kier alpha value is -3.11. The second-order valence-corrected chi connectivity index (χ2v) is 6.50. The molecule has 4 rings (SSSR count). The van der Waals surface area contributed by atoms with E-state index in [4.69, 9.17) is 0 Å². The number of likely N-dealkylation sites (tertiary alicyclic amines) is 1. The number of alkyl halides is 5. The maximum atomic E-state index is 12.9. The van der Waals surface area contributed by atoms with Gasteiger partial charge >= 0.3 is 6.18 Å². The zero-order valence-corrected chi connectivity index (χ0v) is 14.1. The summed E-state index contributed by atoms with van der Waals surface area (Å²) in [7, 11) is 0. The van der Waals surface area contributed by atoms with Crippen molar-refractivity contribution in [3.05, 3.63) is 42.5 Å². The van der Waals surface area contributed by atoms with Crippen LogP contribution in [0.25, 0.3) is 22.2 Å². The quantitative estimate of drug-likeness (QED) is 0.638. The molecule has 0 spiro atoms. The van der Waals surface area contributed by atoms with E-state index >= 15 is 0 Å². The van der Waals surface area contributed by atoms with Crippen LogP contribution in [0.3, 0.4) is 0 Å². The normalized spacial score (nSPS) is 16.2. The molecule has 1 aliphatic heterocycles. The van der Waals surface area contributed by atoms with E-state index in [0.717, 1.165) is 17.2 Å². The first kappa shape index (κ1) is 18.3. The average Bonchev–Trinajstić information content (AvgIpc) is 3.01. The lowest BCUT2D eigenvalue weighted by molar-refractivity contribution is -0.166. The summed E-state index contributed by atoms with van der Waals surface area (Å²) in [6.45, 7) is -1.54. The van der Waals surface area contributed by atoms with Gasteiger partial charge in [0.1, 0.15) is 12.1 Å². The van der Waals surface area contributed by atoms with Crippen LogP contribution >= 0.6 is 0 Å². The zero-order valence-electron chi connectivity index (χ0n) is 14.1. The van der Waals surface area contributed by atoms with Crippen molar-refractivity contribution in [3.63, 3.8) is 0 Å². The Morgan fingerprint density at radius 3 is 2.46 bits per heavy atom. The molecular formula is C17H12F5N5O. The number of pyridine rings is 2. The van der Waals surface area contributed by atoms with Crippen molar-refractivity contribution < 1.29 is 26.7 Å². The van der Waals surface area contributed by atoms with Gasteiger partial charge in [0.2, 0.25) is 5.91 Å². The lowest BCUT2D eigenvalue weighted by Crippen LogP contribution is -2.59. The predicted octanol–water partition coefficient (Wildman–Crippen LogP) is 2.99. The summed E-state index contributed by atoms with van der Waals surface area (Å²) in [5.74, 6) is -3.39. The van der Waals surface area contributed by atoms with Crippen molar-refractivity contribution >= 4 is 16.9 Å². The molecule has 0 saturated carbocycles. The molecule has 11 heteroatoms. The molecule has 1 saturated heterocycles. The summed E-state index contributed by atoms with van der Waals surface area (Å²) in [6, 6.07) is 2.48. The average molecular weight is 397 g/mol. The first-order chi connectivity index (χ1) is 13.1. The number of amides is 1. The van der Waals surface area contributed by atoms with Gasteiger partial charge in [-0.3, -0.25) is 19.4 Å². The largest absolute Gasteiger partial charge is 0.417 e. The molecule has 6 nitrogen and oxygen atoms in total. The van der Waals surface area contributed by atoms with Crippen molar-refractivity contribution in [1.82, 2.24) is 24.6 Å². The van der Waals surface area contributed by atoms with Crippen LogP contribution in [-0.2, 0) is 17.5 Å². The third kappa shape index (κ3) is 3.39. The molecule has 28 heavy (non-hydrogen) atoms. The van der Waals surface area contributed by atoms with Crippen LogP contribution in [0, 0.1) is 0 Å². The second kappa shape index (κ2) is 6.21. The topological polar surface area (TPSA) is 63.9 Å². The van der Waals surface area contributed by atoms with Gasteiger partial charge in [-0.05, 0) is 12.1 Å². The Morgan fingerprint density at radius 1 is 1.07 bits per heavy atom. The lowest BCUT2D eigenvalue weighted by Gasteiger charge is -2.38. The van der Waals surface area contributed by atoms with Crippen molar-refractivity contribution in [2.75, 3.05) is 13.1 Å². The van der Waals surface area contributed by atoms with Crippen molar-refractivity contribution in [2.45, 2.75) is 18.6 Å². The van der Waals surface area contributed by atoms with Gasteiger partial charge < -0.3 is 4.90 Å². The summed E-state index contributed by atoms with van der Waals surface area (Å²) < 4.78 is 65.8. The summed E-state index contributed by atoms with van der Waals surface area (Å²) in [5, 5.41) is 4.03. The number of aromatic nitrogens is 4. The van der Waals surface area contributed by atoms with E-state index in [1.54, 1.807) is 0 Å². The van der Waals surface area contributed by atoms with Crippen LogP contribution in [0.4, 0.5) is 22.0 Å².